The van der Waals surface area contributed by atoms with Gasteiger partial charge in [0.2, 0.25) is 0 Å². The van der Waals surface area contributed by atoms with Gasteiger partial charge < -0.3 is 19.2 Å². The van der Waals surface area contributed by atoms with E-state index in [2.05, 4.69) is 50.1 Å². The third-order valence-corrected chi connectivity index (χ3v) is 6.29. The SMILES string of the molecule is C/C=C1/CC[C@@H](OCOCc2ccccc2)[C@]2(O[Si](C)(C)C)CCN[C@H]12. The smallest absolute Gasteiger partial charge is 0.184 e. The van der Waals surface area contributed by atoms with Crippen molar-refractivity contribution in [2.24, 2.45) is 0 Å². The second kappa shape index (κ2) is 8.36. The van der Waals surface area contributed by atoms with Gasteiger partial charge in [-0.05, 0) is 57.9 Å². The predicted octanol–water partition coefficient (Wildman–Crippen LogP) is 4.24. The maximum absolute atomic E-state index is 6.81. The van der Waals surface area contributed by atoms with Crippen LogP contribution in [-0.4, -0.2) is 39.4 Å². The third kappa shape index (κ3) is 4.46. The number of benzene rings is 1. The number of rotatable bonds is 7. The summed E-state index contributed by atoms with van der Waals surface area (Å²) in [5.74, 6) is 0. The standard InChI is InChI=1S/C21H33NO3Si/c1-5-18-11-12-19(24-16-23-15-17-9-7-6-8-10-17)21(25-26(2,3)4)13-14-22-20(18)21/h5-10,19-20,22H,11-16H2,1-4H3/b18-5-/t19-,20-,21-/m1/s1. The van der Waals surface area contributed by atoms with Crippen molar-refractivity contribution < 1.29 is 13.9 Å². The molecule has 0 radical (unpaired) electrons. The summed E-state index contributed by atoms with van der Waals surface area (Å²) in [6.07, 6.45) is 5.40. The number of ether oxygens (including phenoxy) is 2. The first-order chi connectivity index (χ1) is 12.4. The summed E-state index contributed by atoms with van der Waals surface area (Å²) in [6.45, 7) is 10.8. The Bertz CT molecular complexity index is 613. The van der Waals surface area contributed by atoms with Crippen LogP contribution in [0.3, 0.4) is 0 Å². The van der Waals surface area contributed by atoms with Crippen LogP contribution in [0.2, 0.25) is 19.6 Å². The highest BCUT2D eigenvalue weighted by atomic mass is 28.4. The lowest BCUT2D eigenvalue weighted by Crippen LogP contribution is -2.61. The van der Waals surface area contributed by atoms with Crippen molar-refractivity contribution >= 4 is 8.32 Å². The molecule has 0 unspecified atom stereocenters. The number of hydrogen-bond acceptors (Lipinski definition) is 4. The highest BCUT2D eigenvalue weighted by molar-refractivity contribution is 6.69. The molecule has 0 aromatic heterocycles. The first-order valence-electron chi connectivity index (χ1n) is 9.76. The van der Waals surface area contributed by atoms with Gasteiger partial charge in [-0.25, -0.2) is 0 Å². The summed E-state index contributed by atoms with van der Waals surface area (Å²) in [7, 11) is -1.71. The van der Waals surface area contributed by atoms with E-state index in [0.717, 1.165) is 25.8 Å². The second-order valence-electron chi connectivity index (χ2n) is 8.32. The van der Waals surface area contributed by atoms with Crippen molar-refractivity contribution in [1.82, 2.24) is 5.32 Å². The first kappa shape index (κ1) is 19.8. The van der Waals surface area contributed by atoms with Gasteiger partial charge >= 0.3 is 0 Å². The maximum atomic E-state index is 6.81. The van der Waals surface area contributed by atoms with Gasteiger partial charge in [-0.3, -0.25) is 0 Å². The van der Waals surface area contributed by atoms with Crippen molar-refractivity contribution in [3.63, 3.8) is 0 Å². The molecule has 4 nitrogen and oxygen atoms in total. The minimum atomic E-state index is -1.71. The Hall–Kier alpha value is -0.983. The number of hydrogen-bond donors (Lipinski definition) is 1. The van der Waals surface area contributed by atoms with Gasteiger partial charge in [-0.15, -0.1) is 0 Å². The van der Waals surface area contributed by atoms with E-state index >= 15 is 0 Å². The highest BCUT2D eigenvalue weighted by Gasteiger charge is 2.55. The van der Waals surface area contributed by atoms with E-state index in [1.165, 1.54) is 11.1 Å². The van der Waals surface area contributed by atoms with E-state index in [1.807, 2.05) is 18.2 Å². The van der Waals surface area contributed by atoms with E-state index in [1.54, 1.807) is 0 Å². The van der Waals surface area contributed by atoms with Gasteiger partial charge in [-0.2, -0.15) is 0 Å². The Morgan fingerprint density at radius 2 is 2.00 bits per heavy atom. The monoisotopic (exact) mass is 375 g/mol. The molecule has 26 heavy (non-hydrogen) atoms. The molecule has 0 spiro atoms. The average molecular weight is 376 g/mol. The van der Waals surface area contributed by atoms with Gasteiger partial charge in [0.15, 0.2) is 8.32 Å². The summed E-state index contributed by atoms with van der Waals surface area (Å²) >= 11 is 0. The Morgan fingerprint density at radius 1 is 1.23 bits per heavy atom. The minimum absolute atomic E-state index is 0.0775. The molecule has 1 aliphatic carbocycles. The van der Waals surface area contributed by atoms with Gasteiger partial charge in [0.25, 0.3) is 0 Å². The molecule has 1 saturated heterocycles. The number of nitrogens with one attached hydrogen (secondary N) is 1. The molecule has 0 bridgehead atoms. The molecule has 1 saturated carbocycles. The molecule has 3 atom stereocenters. The van der Waals surface area contributed by atoms with Crippen molar-refractivity contribution in [3.05, 3.63) is 47.5 Å². The van der Waals surface area contributed by atoms with Crippen molar-refractivity contribution in [3.8, 4) is 0 Å². The van der Waals surface area contributed by atoms with E-state index in [-0.39, 0.29) is 17.7 Å². The molecule has 1 heterocycles. The molecular weight excluding hydrogens is 342 g/mol. The lowest BCUT2D eigenvalue weighted by Gasteiger charge is -2.49. The molecule has 1 aromatic rings. The second-order valence-corrected chi connectivity index (χ2v) is 12.7. The average Bonchev–Trinajstić information content (AvgIpc) is 3.02. The van der Waals surface area contributed by atoms with E-state index < -0.39 is 8.32 Å². The molecule has 2 aliphatic rings. The molecular formula is C21H33NO3Si. The topological polar surface area (TPSA) is 39.7 Å². The summed E-state index contributed by atoms with van der Waals surface area (Å²) < 4.78 is 18.9. The Labute approximate surface area is 159 Å². The van der Waals surface area contributed by atoms with Crippen LogP contribution in [0, 0.1) is 0 Å². The summed E-state index contributed by atoms with van der Waals surface area (Å²) in [5, 5.41) is 3.68. The molecule has 1 aromatic carbocycles. The predicted molar refractivity (Wildman–Crippen MR) is 108 cm³/mol. The van der Waals surface area contributed by atoms with Crippen LogP contribution in [-0.2, 0) is 20.5 Å². The lowest BCUT2D eigenvalue weighted by atomic mass is 9.75. The Kier molecular flexibility index (Phi) is 6.36. The summed E-state index contributed by atoms with van der Waals surface area (Å²) in [5.41, 5.74) is 2.39. The minimum Gasteiger partial charge on any atom is -0.407 e. The fraction of sp³-hybridized carbons (Fsp3) is 0.619. The van der Waals surface area contributed by atoms with Gasteiger partial charge in [0.1, 0.15) is 12.4 Å². The summed E-state index contributed by atoms with van der Waals surface area (Å²) in [6, 6.07) is 10.5. The Morgan fingerprint density at radius 3 is 2.69 bits per heavy atom. The normalized spacial score (nSPS) is 30.5. The van der Waals surface area contributed by atoms with E-state index in [9.17, 15) is 0 Å². The van der Waals surface area contributed by atoms with Gasteiger partial charge in [-0.1, -0.05) is 42.0 Å². The van der Waals surface area contributed by atoms with Crippen LogP contribution in [0.4, 0.5) is 0 Å². The molecule has 2 fully saturated rings. The molecule has 1 aliphatic heterocycles. The fourth-order valence-electron chi connectivity index (χ4n) is 4.35. The zero-order chi connectivity index (χ0) is 18.6. The van der Waals surface area contributed by atoms with Crippen LogP contribution >= 0.6 is 0 Å². The lowest BCUT2D eigenvalue weighted by molar-refractivity contribution is -0.167. The summed E-state index contributed by atoms with van der Waals surface area (Å²) in [4.78, 5) is 0. The Balaban J connectivity index is 1.66. The van der Waals surface area contributed by atoms with Crippen LogP contribution in [0.5, 0.6) is 0 Å². The molecule has 0 amide bonds. The van der Waals surface area contributed by atoms with Crippen LogP contribution in [0.15, 0.2) is 42.0 Å². The van der Waals surface area contributed by atoms with Crippen LogP contribution in [0.25, 0.3) is 0 Å². The van der Waals surface area contributed by atoms with Crippen LogP contribution < -0.4 is 5.32 Å². The largest absolute Gasteiger partial charge is 0.407 e. The van der Waals surface area contributed by atoms with E-state index in [4.69, 9.17) is 13.9 Å². The van der Waals surface area contributed by atoms with Gasteiger partial charge in [0.05, 0.1) is 18.8 Å². The molecule has 3 rings (SSSR count). The van der Waals surface area contributed by atoms with E-state index in [0.29, 0.717) is 13.4 Å². The number of fused-ring (bicyclic) bond motifs is 1. The zero-order valence-electron chi connectivity index (χ0n) is 16.6. The molecule has 1 N–H and O–H groups in total. The van der Waals surface area contributed by atoms with Crippen molar-refractivity contribution in [1.29, 1.82) is 0 Å². The fourth-order valence-corrected chi connectivity index (χ4v) is 5.84. The first-order valence-corrected chi connectivity index (χ1v) is 13.2. The maximum Gasteiger partial charge on any atom is 0.184 e. The molecule has 144 valence electrons. The van der Waals surface area contributed by atoms with Gasteiger partial charge in [0, 0.05) is 0 Å². The van der Waals surface area contributed by atoms with Crippen LogP contribution in [0.1, 0.15) is 31.7 Å². The number of allylic oxidation sites excluding steroid dienone is 1. The quantitative estimate of drug-likeness (QED) is 0.335. The molecule has 5 heteroatoms. The highest BCUT2D eigenvalue weighted by Crippen LogP contribution is 2.44. The van der Waals surface area contributed by atoms with Crippen molar-refractivity contribution in [2.75, 3.05) is 13.3 Å². The third-order valence-electron chi connectivity index (χ3n) is 5.29. The van der Waals surface area contributed by atoms with Crippen molar-refractivity contribution in [2.45, 2.75) is 70.2 Å². The zero-order valence-corrected chi connectivity index (χ0v) is 17.6.